The highest BCUT2D eigenvalue weighted by atomic mass is 35.5. The van der Waals surface area contributed by atoms with E-state index < -0.39 is 17.7 Å². The van der Waals surface area contributed by atoms with Crippen LogP contribution in [0.2, 0.25) is 5.02 Å². The number of rotatable bonds is 7. The van der Waals surface area contributed by atoms with Gasteiger partial charge in [0.1, 0.15) is 11.6 Å². The summed E-state index contributed by atoms with van der Waals surface area (Å²) in [4.78, 5) is 24.7. The molecule has 1 unspecified atom stereocenters. The van der Waals surface area contributed by atoms with Gasteiger partial charge in [-0.05, 0) is 49.6 Å². The average molecular weight is 428 g/mol. The first-order valence-electron chi connectivity index (χ1n) is 9.67. The molecule has 0 aliphatic rings. The number of halogens is 1. The van der Waals surface area contributed by atoms with E-state index in [1.54, 1.807) is 20.8 Å². The van der Waals surface area contributed by atoms with Crippen molar-refractivity contribution in [3.63, 3.8) is 0 Å². The number of hydrogen-bond acceptors (Lipinski definition) is 4. The summed E-state index contributed by atoms with van der Waals surface area (Å²) in [5.74, 6) is -0.366. The Hall–Kier alpha value is -3.04. The zero-order valence-corrected chi connectivity index (χ0v) is 18.1. The van der Waals surface area contributed by atoms with E-state index in [-0.39, 0.29) is 25.3 Å². The highest BCUT2D eigenvalue weighted by molar-refractivity contribution is 6.30. The van der Waals surface area contributed by atoms with Crippen molar-refractivity contribution >= 4 is 23.6 Å². The second kappa shape index (κ2) is 10.7. The van der Waals surface area contributed by atoms with Gasteiger partial charge in [0.05, 0.1) is 12.5 Å². The average Bonchev–Trinajstić information content (AvgIpc) is 2.66. The molecule has 30 heavy (non-hydrogen) atoms. The van der Waals surface area contributed by atoms with E-state index in [1.807, 2.05) is 54.6 Å². The van der Waals surface area contributed by atoms with Crippen molar-refractivity contribution in [1.82, 2.24) is 10.6 Å². The lowest BCUT2D eigenvalue weighted by molar-refractivity contribution is -0.123. The van der Waals surface area contributed by atoms with Gasteiger partial charge in [0.25, 0.3) is 0 Å². The predicted molar refractivity (Wildman–Crippen MR) is 117 cm³/mol. The van der Waals surface area contributed by atoms with Crippen LogP contribution in [0.3, 0.4) is 0 Å². The topological polar surface area (TPSA) is 91.2 Å². The molecule has 0 saturated heterocycles. The molecule has 158 valence electrons. The Morgan fingerprint density at radius 3 is 2.43 bits per heavy atom. The van der Waals surface area contributed by atoms with Crippen molar-refractivity contribution < 1.29 is 14.3 Å². The van der Waals surface area contributed by atoms with Crippen LogP contribution < -0.4 is 10.6 Å². The third-order valence-electron chi connectivity index (χ3n) is 4.10. The molecule has 6 nitrogen and oxygen atoms in total. The number of nitrogens with zero attached hydrogens (tertiary/aromatic N) is 1. The van der Waals surface area contributed by atoms with Gasteiger partial charge in [-0.15, -0.1) is 0 Å². The maximum absolute atomic E-state index is 12.5. The largest absolute Gasteiger partial charge is 0.444 e. The SMILES string of the molecule is CC(C)(C)OC(=O)NC(Cc1ccc(-c2cccc(Cl)c2)cc1)C(=O)NCCC#N. The maximum Gasteiger partial charge on any atom is 0.408 e. The highest BCUT2D eigenvalue weighted by Crippen LogP contribution is 2.23. The minimum Gasteiger partial charge on any atom is -0.444 e. The summed E-state index contributed by atoms with van der Waals surface area (Å²) >= 11 is 6.06. The summed E-state index contributed by atoms with van der Waals surface area (Å²) in [6, 6.07) is 16.4. The summed E-state index contributed by atoms with van der Waals surface area (Å²) in [6.07, 6.45) is -0.189. The van der Waals surface area contributed by atoms with Crippen LogP contribution in [0.5, 0.6) is 0 Å². The van der Waals surface area contributed by atoms with Gasteiger partial charge < -0.3 is 15.4 Å². The molecule has 0 fully saturated rings. The zero-order valence-electron chi connectivity index (χ0n) is 17.4. The first-order chi connectivity index (χ1) is 14.2. The number of carbonyl (C=O) groups is 2. The molecule has 2 amide bonds. The fourth-order valence-corrected chi connectivity index (χ4v) is 2.95. The lowest BCUT2D eigenvalue weighted by atomic mass is 10.0. The highest BCUT2D eigenvalue weighted by Gasteiger charge is 2.24. The summed E-state index contributed by atoms with van der Waals surface area (Å²) in [5.41, 5.74) is 2.19. The Balaban J connectivity index is 2.12. The number of alkyl carbamates (subject to hydrolysis) is 1. The minimum absolute atomic E-state index is 0.194. The summed E-state index contributed by atoms with van der Waals surface area (Å²) in [6.45, 7) is 5.48. The maximum atomic E-state index is 12.5. The lowest BCUT2D eigenvalue weighted by Crippen LogP contribution is -2.49. The number of nitrogens with one attached hydrogen (secondary N) is 2. The lowest BCUT2D eigenvalue weighted by Gasteiger charge is -2.23. The van der Waals surface area contributed by atoms with Gasteiger partial charge in [-0.25, -0.2) is 4.79 Å². The van der Waals surface area contributed by atoms with Gasteiger partial charge in [0, 0.05) is 18.0 Å². The van der Waals surface area contributed by atoms with Crippen molar-refractivity contribution in [2.45, 2.75) is 45.3 Å². The first kappa shape index (κ1) is 23.2. The molecule has 0 aliphatic heterocycles. The molecule has 0 aromatic heterocycles. The summed E-state index contributed by atoms with van der Waals surface area (Å²) in [7, 11) is 0. The van der Waals surface area contributed by atoms with Crippen LogP contribution >= 0.6 is 11.6 Å². The first-order valence-corrected chi connectivity index (χ1v) is 10.0. The van der Waals surface area contributed by atoms with Gasteiger partial charge in [0.15, 0.2) is 0 Å². The Kier molecular flexibility index (Phi) is 8.25. The molecule has 7 heteroatoms. The van der Waals surface area contributed by atoms with Crippen LogP contribution in [0.25, 0.3) is 11.1 Å². The fraction of sp³-hybridized carbons (Fsp3) is 0.348. The fourth-order valence-electron chi connectivity index (χ4n) is 2.76. The third-order valence-corrected chi connectivity index (χ3v) is 4.33. The number of hydrogen-bond donors (Lipinski definition) is 2. The molecule has 2 aromatic carbocycles. The number of nitriles is 1. The van der Waals surface area contributed by atoms with Gasteiger partial charge in [-0.3, -0.25) is 4.79 Å². The molecular weight excluding hydrogens is 402 g/mol. The van der Waals surface area contributed by atoms with Crippen LogP contribution in [0.15, 0.2) is 48.5 Å². The molecule has 0 bridgehead atoms. The van der Waals surface area contributed by atoms with E-state index in [9.17, 15) is 9.59 Å². The van der Waals surface area contributed by atoms with E-state index in [2.05, 4.69) is 10.6 Å². The van der Waals surface area contributed by atoms with Gasteiger partial charge in [-0.2, -0.15) is 5.26 Å². The van der Waals surface area contributed by atoms with Gasteiger partial charge in [-0.1, -0.05) is 48.0 Å². The van der Waals surface area contributed by atoms with E-state index >= 15 is 0 Å². The Morgan fingerprint density at radius 1 is 1.13 bits per heavy atom. The summed E-state index contributed by atoms with van der Waals surface area (Å²) in [5, 5.41) is 14.6. The second-order valence-electron chi connectivity index (χ2n) is 7.81. The van der Waals surface area contributed by atoms with Crippen LogP contribution in [-0.2, 0) is 16.0 Å². The normalized spacial score (nSPS) is 11.8. The second-order valence-corrected chi connectivity index (χ2v) is 8.25. The molecule has 1 atom stereocenters. The van der Waals surface area contributed by atoms with Crippen LogP contribution in [0.4, 0.5) is 4.79 Å². The molecule has 0 radical (unpaired) electrons. The van der Waals surface area contributed by atoms with Crippen molar-refractivity contribution in [2.75, 3.05) is 6.54 Å². The van der Waals surface area contributed by atoms with Crippen molar-refractivity contribution in [3.05, 3.63) is 59.1 Å². The number of carbonyl (C=O) groups excluding carboxylic acids is 2. The number of ether oxygens (including phenoxy) is 1. The predicted octanol–water partition coefficient (Wildman–Crippen LogP) is 4.47. The summed E-state index contributed by atoms with van der Waals surface area (Å²) < 4.78 is 5.27. The molecular formula is C23H26ClN3O3. The van der Waals surface area contributed by atoms with E-state index in [0.29, 0.717) is 5.02 Å². The van der Waals surface area contributed by atoms with Gasteiger partial charge in [0.2, 0.25) is 5.91 Å². The van der Waals surface area contributed by atoms with Crippen molar-refractivity contribution in [1.29, 1.82) is 5.26 Å². The van der Waals surface area contributed by atoms with E-state index in [4.69, 9.17) is 21.6 Å². The molecule has 2 N–H and O–H groups in total. The monoisotopic (exact) mass is 427 g/mol. The Morgan fingerprint density at radius 2 is 1.83 bits per heavy atom. The van der Waals surface area contributed by atoms with Crippen LogP contribution in [-0.4, -0.2) is 30.2 Å². The molecule has 0 saturated carbocycles. The quantitative estimate of drug-likeness (QED) is 0.637. The van der Waals surface area contributed by atoms with Crippen molar-refractivity contribution in [3.8, 4) is 17.2 Å². The smallest absolute Gasteiger partial charge is 0.408 e. The molecule has 0 heterocycles. The zero-order chi connectivity index (χ0) is 22.1. The van der Waals surface area contributed by atoms with Gasteiger partial charge >= 0.3 is 6.09 Å². The van der Waals surface area contributed by atoms with Crippen molar-refractivity contribution in [2.24, 2.45) is 0 Å². The number of benzene rings is 2. The third kappa shape index (κ3) is 7.76. The molecule has 0 aliphatic carbocycles. The standard InChI is InChI=1S/C23H26ClN3O3/c1-23(2,3)30-22(29)27-20(21(28)26-13-5-12-25)14-16-8-10-17(11-9-16)18-6-4-7-19(24)15-18/h4,6-11,15,20H,5,13-14H2,1-3H3,(H,26,28)(H,27,29). The van der Waals surface area contributed by atoms with Crippen LogP contribution in [0.1, 0.15) is 32.8 Å². The van der Waals surface area contributed by atoms with E-state index in [1.165, 1.54) is 0 Å². The Labute approximate surface area is 182 Å². The van der Waals surface area contributed by atoms with E-state index in [0.717, 1.165) is 16.7 Å². The Bertz CT molecular complexity index is 915. The van der Waals surface area contributed by atoms with Crippen LogP contribution in [0, 0.1) is 11.3 Å². The molecule has 0 spiro atoms. The molecule has 2 rings (SSSR count). The number of amides is 2. The molecule has 2 aromatic rings. The minimum atomic E-state index is -0.824.